The Morgan fingerprint density at radius 3 is 2.59 bits per heavy atom. The molecule has 1 aromatic carbocycles. The second-order valence-electron chi connectivity index (χ2n) is 3.73. The summed E-state index contributed by atoms with van der Waals surface area (Å²) in [6.45, 7) is 1.91. The van der Waals surface area contributed by atoms with Crippen LogP contribution in [0.5, 0.6) is 0 Å². The van der Waals surface area contributed by atoms with Crippen molar-refractivity contribution in [3.8, 4) is 11.3 Å². The second kappa shape index (κ2) is 4.49. The standard InChI is InChI=1S/C12H10F3NS/c1-8-4-2-3-5-9(8)10-7-17-11(16-10)6-12(13,14)15/h2-5,7H,6H2,1H3. The number of alkyl halides is 3. The number of halogens is 3. The SMILES string of the molecule is Cc1ccccc1-c1csc(CC(F)(F)F)n1. The molecule has 1 heterocycles. The molecule has 0 spiro atoms. The van der Waals surface area contributed by atoms with E-state index in [1.165, 1.54) is 0 Å². The minimum atomic E-state index is -4.19. The van der Waals surface area contributed by atoms with Gasteiger partial charge in [-0.25, -0.2) is 4.98 Å². The molecule has 2 rings (SSSR count). The number of hydrogen-bond donors (Lipinski definition) is 0. The molecule has 0 radical (unpaired) electrons. The molecule has 0 aliphatic heterocycles. The average molecular weight is 257 g/mol. The Kier molecular flexibility index (Phi) is 3.19. The number of thiazole rings is 1. The predicted molar refractivity (Wildman–Crippen MR) is 62.0 cm³/mol. The molecule has 0 amide bonds. The van der Waals surface area contributed by atoms with Gasteiger partial charge in [-0.1, -0.05) is 24.3 Å². The number of hydrogen-bond acceptors (Lipinski definition) is 2. The third-order valence-electron chi connectivity index (χ3n) is 2.32. The summed E-state index contributed by atoms with van der Waals surface area (Å²) in [6, 6.07) is 7.52. The summed E-state index contributed by atoms with van der Waals surface area (Å²) in [7, 11) is 0. The van der Waals surface area contributed by atoms with Crippen LogP contribution >= 0.6 is 11.3 Å². The van der Waals surface area contributed by atoms with Gasteiger partial charge in [0.25, 0.3) is 0 Å². The molecule has 1 aromatic heterocycles. The van der Waals surface area contributed by atoms with E-state index in [0.29, 0.717) is 5.69 Å². The molecule has 2 aromatic rings. The van der Waals surface area contributed by atoms with Gasteiger partial charge >= 0.3 is 6.18 Å². The number of aromatic nitrogens is 1. The summed E-state index contributed by atoms with van der Waals surface area (Å²) in [6.07, 6.45) is -5.15. The van der Waals surface area contributed by atoms with E-state index in [1.54, 1.807) is 5.38 Å². The normalized spacial score (nSPS) is 11.8. The number of rotatable bonds is 2. The minimum Gasteiger partial charge on any atom is -0.241 e. The van der Waals surface area contributed by atoms with Crippen LogP contribution in [0, 0.1) is 6.92 Å². The Balaban J connectivity index is 2.28. The second-order valence-corrected chi connectivity index (χ2v) is 4.68. The van der Waals surface area contributed by atoms with Crippen LogP contribution in [-0.4, -0.2) is 11.2 Å². The first-order chi connectivity index (χ1) is 7.96. The topological polar surface area (TPSA) is 12.9 Å². The summed E-state index contributed by atoms with van der Waals surface area (Å²) in [5.41, 5.74) is 2.51. The molecule has 0 unspecified atom stereocenters. The van der Waals surface area contributed by atoms with Gasteiger partial charge < -0.3 is 0 Å². The smallest absolute Gasteiger partial charge is 0.241 e. The van der Waals surface area contributed by atoms with E-state index in [4.69, 9.17) is 0 Å². The van der Waals surface area contributed by atoms with E-state index in [9.17, 15) is 13.2 Å². The molecule has 17 heavy (non-hydrogen) atoms. The highest BCUT2D eigenvalue weighted by Crippen LogP contribution is 2.28. The highest BCUT2D eigenvalue weighted by Gasteiger charge is 2.29. The summed E-state index contributed by atoms with van der Waals surface area (Å²) >= 11 is 1.05. The van der Waals surface area contributed by atoms with Gasteiger partial charge in [-0.15, -0.1) is 11.3 Å². The van der Waals surface area contributed by atoms with Gasteiger partial charge in [-0.2, -0.15) is 13.2 Å². The van der Waals surface area contributed by atoms with Crippen LogP contribution in [0.2, 0.25) is 0 Å². The predicted octanol–water partition coefficient (Wildman–Crippen LogP) is 4.22. The number of benzene rings is 1. The summed E-state index contributed by atoms with van der Waals surface area (Å²) < 4.78 is 36.6. The molecule has 90 valence electrons. The zero-order valence-corrected chi connectivity index (χ0v) is 9.90. The lowest BCUT2D eigenvalue weighted by molar-refractivity contribution is -0.127. The van der Waals surface area contributed by atoms with Gasteiger partial charge in [0.2, 0.25) is 0 Å². The molecule has 0 saturated heterocycles. The fraction of sp³-hybridized carbons (Fsp3) is 0.250. The van der Waals surface area contributed by atoms with Crippen LogP contribution in [0.15, 0.2) is 29.6 Å². The fourth-order valence-electron chi connectivity index (χ4n) is 1.55. The third kappa shape index (κ3) is 3.06. The maximum Gasteiger partial charge on any atom is 0.395 e. The Labute approximate surface area is 101 Å². The van der Waals surface area contributed by atoms with Crippen LogP contribution < -0.4 is 0 Å². The lowest BCUT2D eigenvalue weighted by Gasteiger charge is -2.02. The highest BCUT2D eigenvalue weighted by molar-refractivity contribution is 7.09. The number of aryl methyl sites for hydroxylation is 1. The van der Waals surface area contributed by atoms with Crippen molar-refractivity contribution in [2.45, 2.75) is 19.5 Å². The lowest BCUT2D eigenvalue weighted by atomic mass is 10.1. The quantitative estimate of drug-likeness (QED) is 0.784. The molecule has 0 N–H and O–H groups in total. The Bertz CT molecular complexity index is 516. The van der Waals surface area contributed by atoms with Crippen LogP contribution in [0.3, 0.4) is 0 Å². The minimum absolute atomic E-state index is 0.107. The molecular formula is C12H10F3NS. The van der Waals surface area contributed by atoms with Crippen molar-refractivity contribution in [3.05, 3.63) is 40.2 Å². The van der Waals surface area contributed by atoms with Gasteiger partial charge in [0.1, 0.15) is 5.01 Å². The van der Waals surface area contributed by atoms with Crippen molar-refractivity contribution in [1.82, 2.24) is 4.98 Å². The van der Waals surface area contributed by atoms with E-state index >= 15 is 0 Å². The van der Waals surface area contributed by atoms with Gasteiger partial charge in [-0.3, -0.25) is 0 Å². The van der Waals surface area contributed by atoms with Crippen molar-refractivity contribution in [2.75, 3.05) is 0 Å². The van der Waals surface area contributed by atoms with Crippen LogP contribution in [0.1, 0.15) is 10.6 Å². The van der Waals surface area contributed by atoms with Crippen molar-refractivity contribution in [2.24, 2.45) is 0 Å². The van der Waals surface area contributed by atoms with E-state index in [-0.39, 0.29) is 5.01 Å². The van der Waals surface area contributed by atoms with E-state index < -0.39 is 12.6 Å². The van der Waals surface area contributed by atoms with E-state index in [2.05, 4.69) is 4.98 Å². The highest BCUT2D eigenvalue weighted by atomic mass is 32.1. The first-order valence-electron chi connectivity index (χ1n) is 5.03. The van der Waals surface area contributed by atoms with Crippen molar-refractivity contribution >= 4 is 11.3 Å². The summed E-state index contributed by atoms with van der Waals surface area (Å²) in [4.78, 5) is 4.03. The molecule has 1 nitrogen and oxygen atoms in total. The van der Waals surface area contributed by atoms with Crippen LogP contribution in [-0.2, 0) is 6.42 Å². The molecule has 0 aliphatic carbocycles. The van der Waals surface area contributed by atoms with Crippen LogP contribution in [0.4, 0.5) is 13.2 Å². The molecule has 5 heteroatoms. The van der Waals surface area contributed by atoms with Gasteiger partial charge in [0, 0.05) is 10.9 Å². The van der Waals surface area contributed by atoms with Crippen molar-refractivity contribution < 1.29 is 13.2 Å². The first-order valence-corrected chi connectivity index (χ1v) is 5.91. The molecular weight excluding hydrogens is 247 g/mol. The maximum atomic E-state index is 12.2. The van der Waals surface area contributed by atoms with E-state index in [0.717, 1.165) is 22.5 Å². The third-order valence-corrected chi connectivity index (χ3v) is 3.17. The Morgan fingerprint density at radius 2 is 1.94 bits per heavy atom. The maximum absolute atomic E-state index is 12.2. The molecule has 0 atom stereocenters. The van der Waals surface area contributed by atoms with Crippen LogP contribution in [0.25, 0.3) is 11.3 Å². The molecule has 0 bridgehead atoms. The zero-order chi connectivity index (χ0) is 12.5. The van der Waals surface area contributed by atoms with Gasteiger partial charge in [0.05, 0.1) is 12.1 Å². The van der Waals surface area contributed by atoms with Crippen molar-refractivity contribution in [1.29, 1.82) is 0 Å². The van der Waals surface area contributed by atoms with E-state index in [1.807, 2.05) is 31.2 Å². The summed E-state index contributed by atoms with van der Waals surface area (Å²) in [5.74, 6) is 0. The zero-order valence-electron chi connectivity index (χ0n) is 9.08. The van der Waals surface area contributed by atoms with Gasteiger partial charge in [-0.05, 0) is 12.5 Å². The fourth-order valence-corrected chi connectivity index (χ4v) is 2.37. The number of nitrogens with zero attached hydrogens (tertiary/aromatic N) is 1. The largest absolute Gasteiger partial charge is 0.395 e. The summed E-state index contributed by atoms with van der Waals surface area (Å²) in [5, 5.41) is 1.78. The molecule has 0 aliphatic rings. The lowest BCUT2D eigenvalue weighted by Crippen LogP contribution is -2.11. The average Bonchev–Trinajstić information content (AvgIpc) is 2.64. The first kappa shape index (κ1) is 12.1. The van der Waals surface area contributed by atoms with Gasteiger partial charge in [0.15, 0.2) is 0 Å². The molecule has 0 saturated carbocycles. The van der Waals surface area contributed by atoms with Crippen molar-refractivity contribution in [3.63, 3.8) is 0 Å². The monoisotopic (exact) mass is 257 g/mol. The Hall–Kier alpha value is -1.36. The molecule has 0 fully saturated rings. The Morgan fingerprint density at radius 1 is 1.24 bits per heavy atom.